The van der Waals surface area contributed by atoms with Crippen molar-refractivity contribution < 1.29 is 4.79 Å². The standard InChI is InChI=1S/C17H17NO/c1-2-15(13-14-9-5-3-6-10-14)17(19)18-16-11-7-4-8-12-16/h3-13H,2H2,1H3,(H,18,19)/b15-13+. The second-order valence-electron chi connectivity index (χ2n) is 4.25. The van der Waals surface area contributed by atoms with E-state index >= 15 is 0 Å². The average molecular weight is 251 g/mol. The van der Waals surface area contributed by atoms with Crippen molar-refractivity contribution in [2.45, 2.75) is 13.3 Å². The minimum absolute atomic E-state index is 0.0439. The molecule has 1 amide bonds. The van der Waals surface area contributed by atoms with Gasteiger partial charge in [0.1, 0.15) is 0 Å². The van der Waals surface area contributed by atoms with Crippen molar-refractivity contribution in [3.63, 3.8) is 0 Å². The molecular formula is C17H17NO. The second kappa shape index (κ2) is 6.55. The lowest BCUT2D eigenvalue weighted by Crippen LogP contribution is -2.13. The Hall–Kier alpha value is -2.35. The molecule has 0 heterocycles. The van der Waals surface area contributed by atoms with E-state index in [1.165, 1.54) is 0 Å². The van der Waals surface area contributed by atoms with Crippen LogP contribution in [0.4, 0.5) is 5.69 Å². The lowest BCUT2D eigenvalue weighted by Gasteiger charge is -2.07. The van der Waals surface area contributed by atoms with Crippen LogP contribution < -0.4 is 5.32 Å². The molecule has 0 aliphatic heterocycles. The number of hydrogen-bond acceptors (Lipinski definition) is 1. The smallest absolute Gasteiger partial charge is 0.251 e. The summed E-state index contributed by atoms with van der Waals surface area (Å²) in [6.45, 7) is 1.99. The molecule has 2 aromatic rings. The number of para-hydroxylation sites is 1. The third-order valence-electron chi connectivity index (χ3n) is 2.84. The molecule has 0 saturated carbocycles. The number of carbonyl (C=O) groups excluding carboxylic acids is 1. The predicted octanol–water partition coefficient (Wildman–Crippen LogP) is 4.12. The minimum atomic E-state index is -0.0439. The molecule has 2 aromatic carbocycles. The summed E-state index contributed by atoms with van der Waals surface area (Å²) in [5, 5.41) is 2.91. The zero-order valence-corrected chi connectivity index (χ0v) is 11.0. The summed E-state index contributed by atoms with van der Waals surface area (Å²) < 4.78 is 0. The molecular weight excluding hydrogens is 234 g/mol. The summed E-state index contributed by atoms with van der Waals surface area (Å²) >= 11 is 0. The largest absolute Gasteiger partial charge is 0.322 e. The first kappa shape index (κ1) is 13.1. The van der Waals surface area contributed by atoms with E-state index in [2.05, 4.69) is 5.32 Å². The molecule has 0 fully saturated rings. The molecule has 0 atom stereocenters. The van der Waals surface area contributed by atoms with Gasteiger partial charge in [0.05, 0.1) is 0 Å². The molecule has 0 bridgehead atoms. The van der Waals surface area contributed by atoms with E-state index in [0.29, 0.717) is 6.42 Å². The zero-order valence-electron chi connectivity index (χ0n) is 11.0. The normalized spacial score (nSPS) is 11.1. The summed E-state index contributed by atoms with van der Waals surface area (Å²) in [5.74, 6) is -0.0439. The Kier molecular flexibility index (Phi) is 4.51. The van der Waals surface area contributed by atoms with Crippen molar-refractivity contribution in [2.24, 2.45) is 0 Å². The SMILES string of the molecule is CC/C(=C\c1ccccc1)C(=O)Nc1ccccc1. The van der Waals surface area contributed by atoms with Crippen LogP contribution in [0.25, 0.3) is 6.08 Å². The first-order valence-electron chi connectivity index (χ1n) is 6.41. The molecule has 19 heavy (non-hydrogen) atoms. The van der Waals surface area contributed by atoms with Gasteiger partial charge in [-0.15, -0.1) is 0 Å². The van der Waals surface area contributed by atoms with E-state index in [1.807, 2.05) is 73.7 Å². The monoisotopic (exact) mass is 251 g/mol. The van der Waals surface area contributed by atoms with Crippen LogP contribution in [0, 0.1) is 0 Å². The van der Waals surface area contributed by atoms with Gasteiger partial charge in [0.2, 0.25) is 0 Å². The molecule has 0 aromatic heterocycles. The van der Waals surface area contributed by atoms with Crippen molar-refractivity contribution in [3.8, 4) is 0 Å². The van der Waals surface area contributed by atoms with Crippen LogP contribution in [-0.2, 0) is 4.79 Å². The van der Waals surface area contributed by atoms with Crippen LogP contribution in [0.3, 0.4) is 0 Å². The first-order valence-corrected chi connectivity index (χ1v) is 6.41. The first-order chi connectivity index (χ1) is 9.29. The topological polar surface area (TPSA) is 29.1 Å². The summed E-state index contributed by atoms with van der Waals surface area (Å²) in [6.07, 6.45) is 2.63. The summed E-state index contributed by atoms with van der Waals surface area (Å²) in [7, 11) is 0. The molecule has 2 heteroatoms. The Bertz CT molecular complexity index is 558. The minimum Gasteiger partial charge on any atom is -0.322 e. The highest BCUT2D eigenvalue weighted by Crippen LogP contribution is 2.13. The molecule has 96 valence electrons. The number of hydrogen-bond donors (Lipinski definition) is 1. The van der Waals surface area contributed by atoms with Gasteiger partial charge in [-0.05, 0) is 30.2 Å². The highest BCUT2D eigenvalue weighted by Gasteiger charge is 2.07. The lowest BCUT2D eigenvalue weighted by atomic mass is 10.1. The quantitative estimate of drug-likeness (QED) is 0.814. The fourth-order valence-corrected chi connectivity index (χ4v) is 1.81. The summed E-state index contributed by atoms with van der Waals surface area (Å²) in [5.41, 5.74) is 2.64. The van der Waals surface area contributed by atoms with Gasteiger partial charge in [-0.25, -0.2) is 0 Å². The van der Waals surface area contributed by atoms with E-state index in [4.69, 9.17) is 0 Å². The van der Waals surface area contributed by atoms with Crippen molar-refractivity contribution in [3.05, 3.63) is 71.8 Å². The van der Waals surface area contributed by atoms with Gasteiger partial charge < -0.3 is 5.32 Å². The molecule has 0 saturated heterocycles. The van der Waals surface area contributed by atoms with Crippen molar-refractivity contribution >= 4 is 17.7 Å². The van der Waals surface area contributed by atoms with E-state index in [1.54, 1.807) is 0 Å². The molecule has 0 spiro atoms. The van der Waals surface area contributed by atoms with E-state index < -0.39 is 0 Å². The number of carbonyl (C=O) groups is 1. The van der Waals surface area contributed by atoms with Crippen LogP contribution in [-0.4, -0.2) is 5.91 Å². The maximum Gasteiger partial charge on any atom is 0.251 e. The maximum absolute atomic E-state index is 12.2. The van der Waals surface area contributed by atoms with E-state index in [-0.39, 0.29) is 5.91 Å². The van der Waals surface area contributed by atoms with Gasteiger partial charge in [-0.1, -0.05) is 55.5 Å². The van der Waals surface area contributed by atoms with Gasteiger partial charge in [0, 0.05) is 11.3 Å². The highest BCUT2D eigenvalue weighted by molar-refractivity contribution is 6.06. The van der Waals surface area contributed by atoms with Gasteiger partial charge >= 0.3 is 0 Å². The fraction of sp³-hybridized carbons (Fsp3) is 0.118. The van der Waals surface area contributed by atoms with Crippen molar-refractivity contribution in [2.75, 3.05) is 5.32 Å². The summed E-state index contributed by atoms with van der Waals surface area (Å²) in [6, 6.07) is 19.4. The number of anilines is 1. The third-order valence-corrected chi connectivity index (χ3v) is 2.84. The molecule has 2 nitrogen and oxygen atoms in total. The molecule has 2 rings (SSSR count). The second-order valence-corrected chi connectivity index (χ2v) is 4.25. The zero-order chi connectivity index (χ0) is 13.5. The molecule has 0 aliphatic rings. The van der Waals surface area contributed by atoms with Crippen LogP contribution in [0.1, 0.15) is 18.9 Å². The number of rotatable bonds is 4. The maximum atomic E-state index is 12.2. The molecule has 1 N–H and O–H groups in total. The lowest BCUT2D eigenvalue weighted by molar-refractivity contribution is -0.112. The van der Waals surface area contributed by atoms with Crippen LogP contribution in [0.15, 0.2) is 66.2 Å². The number of amides is 1. The van der Waals surface area contributed by atoms with Crippen molar-refractivity contribution in [1.29, 1.82) is 0 Å². The van der Waals surface area contributed by atoms with Gasteiger partial charge in [0.15, 0.2) is 0 Å². The van der Waals surface area contributed by atoms with Gasteiger partial charge in [-0.2, -0.15) is 0 Å². The fourth-order valence-electron chi connectivity index (χ4n) is 1.81. The Morgan fingerprint density at radius 1 is 1.00 bits per heavy atom. The van der Waals surface area contributed by atoms with Crippen LogP contribution >= 0.6 is 0 Å². The highest BCUT2D eigenvalue weighted by atomic mass is 16.1. The van der Waals surface area contributed by atoms with Gasteiger partial charge in [-0.3, -0.25) is 4.79 Å². The van der Waals surface area contributed by atoms with Gasteiger partial charge in [0.25, 0.3) is 5.91 Å². The number of nitrogens with one attached hydrogen (secondary N) is 1. The van der Waals surface area contributed by atoms with E-state index in [9.17, 15) is 4.79 Å². The Labute approximate surface area is 113 Å². The number of benzene rings is 2. The van der Waals surface area contributed by atoms with E-state index in [0.717, 1.165) is 16.8 Å². The van der Waals surface area contributed by atoms with Crippen LogP contribution in [0.2, 0.25) is 0 Å². The molecule has 0 radical (unpaired) electrons. The van der Waals surface area contributed by atoms with Crippen molar-refractivity contribution in [1.82, 2.24) is 0 Å². The third kappa shape index (κ3) is 3.81. The Morgan fingerprint density at radius 3 is 2.16 bits per heavy atom. The predicted molar refractivity (Wildman–Crippen MR) is 79.8 cm³/mol. The molecule has 0 aliphatic carbocycles. The average Bonchev–Trinajstić information content (AvgIpc) is 2.47. The molecule has 0 unspecified atom stereocenters. The van der Waals surface area contributed by atoms with Crippen LogP contribution in [0.5, 0.6) is 0 Å². The summed E-state index contributed by atoms with van der Waals surface area (Å²) in [4.78, 5) is 12.2. The Balaban J connectivity index is 2.14. The Morgan fingerprint density at radius 2 is 1.58 bits per heavy atom.